The number of halogens is 2. The van der Waals surface area contributed by atoms with Gasteiger partial charge in [-0.15, -0.1) is 22.7 Å². The Kier molecular flexibility index (Phi) is 5.39. The average Bonchev–Trinajstić information content (AvgIpc) is 3.15. The maximum Gasteiger partial charge on any atom is 0.131 e. The molecule has 3 N–H and O–H groups in total. The number of alkyl halides is 1. The van der Waals surface area contributed by atoms with Gasteiger partial charge in [-0.1, -0.05) is 17.7 Å². The minimum Gasteiger partial charge on any atom is -0.379 e. The highest BCUT2D eigenvalue weighted by Crippen LogP contribution is 2.37. The molecule has 0 aliphatic rings. The van der Waals surface area contributed by atoms with Gasteiger partial charge in [0.1, 0.15) is 11.3 Å². The van der Waals surface area contributed by atoms with E-state index in [0.717, 1.165) is 32.9 Å². The van der Waals surface area contributed by atoms with E-state index < -0.39 is 12.2 Å². The summed E-state index contributed by atoms with van der Waals surface area (Å²) in [5, 5.41) is 5.94. The van der Waals surface area contributed by atoms with Crippen molar-refractivity contribution >= 4 is 50.2 Å². The van der Waals surface area contributed by atoms with Crippen LogP contribution < -0.4 is 11.1 Å². The number of hydrogen-bond donors (Lipinski definition) is 2. The summed E-state index contributed by atoms with van der Waals surface area (Å²) in [6, 6.07) is 5.46. The van der Waals surface area contributed by atoms with Crippen LogP contribution in [0, 0.1) is 6.92 Å². The zero-order valence-electron chi connectivity index (χ0n) is 13.5. The van der Waals surface area contributed by atoms with Crippen LogP contribution in [-0.2, 0) is 13.0 Å². The smallest absolute Gasteiger partial charge is 0.131 e. The fourth-order valence-electron chi connectivity index (χ4n) is 2.49. The lowest BCUT2D eigenvalue weighted by atomic mass is 10.1. The van der Waals surface area contributed by atoms with Crippen molar-refractivity contribution in [3.05, 3.63) is 44.1 Å². The van der Waals surface area contributed by atoms with Crippen molar-refractivity contribution in [2.45, 2.75) is 39.0 Å². The number of rotatable bonds is 6. The van der Waals surface area contributed by atoms with E-state index in [2.05, 4.69) is 21.7 Å². The first-order valence-corrected chi connectivity index (χ1v) is 9.77. The monoisotopic (exact) mass is 383 g/mol. The maximum absolute atomic E-state index is 13.4. The summed E-state index contributed by atoms with van der Waals surface area (Å²) < 4.78 is 14.5. The van der Waals surface area contributed by atoms with Crippen LogP contribution in [0.4, 0.5) is 10.1 Å². The fourth-order valence-corrected chi connectivity index (χ4v) is 4.64. The first kappa shape index (κ1) is 17.6. The highest BCUT2D eigenvalue weighted by Gasteiger charge is 2.19. The van der Waals surface area contributed by atoms with Gasteiger partial charge in [-0.05, 0) is 30.9 Å². The molecule has 0 fully saturated rings. The molecule has 0 spiro atoms. The zero-order chi connectivity index (χ0) is 17.3. The first-order valence-electron chi connectivity index (χ1n) is 7.70. The van der Waals surface area contributed by atoms with Gasteiger partial charge in [0.2, 0.25) is 0 Å². The standard InChI is InChI=1S/C17H19ClFN3S2/c1-9-14(6-12(20)10(2)19)24-17-13(7-15(18)22-16(9)17)21-8-11-4-3-5-23-11/h3-5,7,10,12H,6,8,20H2,1-2H3,(H,21,22)/t10-,12+/m0/s1. The molecular weight excluding hydrogens is 365 g/mol. The van der Waals surface area contributed by atoms with E-state index in [9.17, 15) is 4.39 Å². The van der Waals surface area contributed by atoms with E-state index in [-0.39, 0.29) is 0 Å². The second-order valence-corrected chi connectivity index (χ2v) is 8.32. The predicted octanol–water partition coefficient (Wildman–Crippen LogP) is 5.16. The number of aryl methyl sites for hydroxylation is 1. The number of nitrogens with two attached hydrogens (primary N) is 1. The van der Waals surface area contributed by atoms with E-state index >= 15 is 0 Å². The van der Waals surface area contributed by atoms with Gasteiger partial charge in [-0.3, -0.25) is 0 Å². The predicted molar refractivity (Wildman–Crippen MR) is 103 cm³/mol. The summed E-state index contributed by atoms with van der Waals surface area (Å²) in [4.78, 5) is 6.77. The molecule has 0 unspecified atom stereocenters. The van der Waals surface area contributed by atoms with Crippen molar-refractivity contribution in [3.8, 4) is 0 Å². The van der Waals surface area contributed by atoms with Gasteiger partial charge < -0.3 is 11.1 Å². The van der Waals surface area contributed by atoms with Crippen molar-refractivity contribution in [1.29, 1.82) is 0 Å². The molecule has 0 aromatic carbocycles. The summed E-state index contributed by atoms with van der Waals surface area (Å²) >= 11 is 9.51. The Bertz CT molecular complexity index is 830. The molecule has 0 aliphatic carbocycles. The second kappa shape index (κ2) is 7.35. The van der Waals surface area contributed by atoms with Crippen molar-refractivity contribution in [2.24, 2.45) is 5.73 Å². The van der Waals surface area contributed by atoms with Gasteiger partial charge in [0.25, 0.3) is 0 Å². The Balaban J connectivity index is 1.94. The molecule has 3 nitrogen and oxygen atoms in total. The third kappa shape index (κ3) is 3.72. The van der Waals surface area contributed by atoms with E-state index in [1.807, 2.05) is 19.1 Å². The minimum atomic E-state index is -1.04. The molecule has 0 saturated heterocycles. The molecule has 0 aliphatic heterocycles. The summed E-state index contributed by atoms with van der Waals surface area (Å²) in [6.45, 7) is 4.23. The van der Waals surface area contributed by atoms with Crippen LogP contribution in [0.25, 0.3) is 10.2 Å². The number of nitrogens with one attached hydrogen (secondary N) is 1. The molecule has 3 rings (SSSR count). The third-order valence-electron chi connectivity index (χ3n) is 3.98. The minimum absolute atomic E-state index is 0.451. The van der Waals surface area contributed by atoms with Crippen molar-refractivity contribution in [2.75, 3.05) is 5.32 Å². The Morgan fingerprint density at radius 3 is 2.92 bits per heavy atom. The Morgan fingerprint density at radius 2 is 2.25 bits per heavy atom. The Hall–Kier alpha value is -1.21. The van der Waals surface area contributed by atoms with Crippen molar-refractivity contribution in [1.82, 2.24) is 4.98 Å². The topological polar surface area (TPSA) is 50.9 Å². The molecule has 0 amide bonds. The number of thiophene rings is 2. The molecule has 128 valence electrons. The van der Waals surface area contributed by atoms with Crippen LogP contribution in [0.2, 0.25) is 5.15 Å². The highest BCUT2D eigenvalue weighted by molar-refractivity contribution is 7.19. The largest absolute Gasteiger partial charge is 0.379 e. The van der Waals surface area contributed by atoms with Crippen LogP contribution in [-0.4, -0.2) is 17.2 Å². The summed E-state index contributed by atoms with van der Waals surface area (Å²) in [5.74, 6) is 0. The molecule has 24 heavy (non-hydrogen) atoms. The quantitative estimate of drug-likeness (QED) is 0.578. The van der Waals surface area contributed by atoms with Crippen LogP contribution in [0.5, 0.6) is 0 Å². The SMILES string of the molecule is Cc1c(C[C@@H](N)[C@H](C)F)sc2c(NCc3cccs3)cc(Cl)nc12. The molecule has 0 radical (unpaired) electrons. The van der Waals surface area contributed by atoms with Crippen LogP contribution >= 0.6 is 34.3 Å². The first-order chi connectivity index (χ1) is 11.5. The van der Waals surface area contributed by atoms with E-state index in [0.29, 0.717) is 11.6 Å². The Labute approximate surface area is 153 Å². The van der Waals surface area contributed by atoms with E-state index in [1.165, 1.54) is 11.8 Å². The number of pyridine rings is 1. The Morgan fingerprint density at radius 1 is 1.46 bits per heavy atom. The molecule has 3 heterocycles. The van der Waals surface area contributed by atoms with Gasteiger partial charge in [0, 0.05) is 34.8 Å². The van der Waals surface area contributed by atoms with E-state index in [4.69, 9.17) is 17.3 Å². The lowest BCUT2D eigenvalue weighted by Gasteiger charge is -2.11. The maximum atomic E-state index is 13.4. The number of fused-ring (bicyclic) bond motifs is 1. The van der Waals surface area contributed by atoms with Gasteiger partial charge in [0.05, 0.1) is 15.9 Å². The number of hydrogen-bond acceptors (Lipinski definition) is 5. The van der Waals surface area contributed by atoms with Crippen LogP contribution in [0.15, 0.2) is 23.6 Å². The molecule has 0 saturated carbocycles. The highest BCUT2D eigenvalue weighted by atomic mass is 35.5. The van der Waals surface area contributed by atoms with Gasteiger partial charge >= 0.3 is 0 Å². The van der Waals surface area contributed by atoms with Gasteiger partial charge in [-0.25, -0.2) is 9.37 Å². The van der Waals surface area contributed by atoms with E-state index in [1.54, 1.807) is 22.7 Å². The number of nitrogens with zero attached hydrogens (tertiary/aromatic N) is 1. The molecule has 0 bridgehead atoms. The second-order valence-electron chi connectivity index (χ2n) is 5.80. The van der Waals surface area contributed by atoms with Crippen LogP contribution in [0.1, 0.15) is 22.2 Å². The summed E-state index contributed by atoms with van der Waals surface area (Å²) in [6.07, 6.45) is -0.533. The lowest BCUT2D eigenvalue weighted by molar-refractivity contribution is 0.305. The number of aromatic nitrogens is 1. The molecule has 7 heteroatoms. The van der Waals surface area contributed by atoms with Crippen molar-refractivity contribution in [3.63, 3.8) is 0 Å². The van der Waals surface area contributed by atoms with Gasteiger partial charge in [-0.2, -0.15) is 0 Å². The molecular formula is C17H19ClFN3S2. The molecule has 3 aromatic rings. The number of anilines is 1. The van der Waals surface area contributed by atoms with Crippen molar-refractivity contribution < 1.29 is 4.39 Å². The van der Waals surface area contributed by atoms with Gasteiger partial charge in [0.15, 0.2) is 0 Å². The average molecular weight is 384 g/mol. The zero-order valence-corrected chi connectivity index (χ0v) is 15.9. The fraction of sp³-hybridized carbons (Fsp3) is 0.353. The summed E-state index contributed by atoms with van der Waals surface area (Å²) in [7, 11) is 0. The summed E-state index contributed by atoms with van der Waals surface area (Å²) in [5.41, 5.74) is 8.76. The normalized spacial score (nSPS) is 14.0. The third-order valence-corrected chi connectivity index (χ3v) is 6.39. The molecule has 3 aromatic heterocycles. The van der Waals surface area contributed by atoms with Crippen LogP contribution in [0.3, 0.4) is 0 Å². The lowest BCUT2D eigenvalue weighted by Crippen LogP contribution is -2.31. The molecule has 2 atom stereocenters.